The molecule has 0 saturated carbocycles. The second-order valence-corrected chi connectivity index (χ2v) is 8.09. The first-order valence-corrected chi connectivity index (χ1v) is 11.0. The summed E-state index contributed by atoms with van der Waals surface area (Å²) in [5.74, 6) is -0.0996. The van der Waals surface area contributed by atoms with Gasteiger partial charge in [-0.2, -0.15) is 0 Å². The predicted molar refractivity (Wildman–Crippen MR) is 126 cm³/mol. The van der Waals surface area contributed by atoms with E-state index < -0.39 is 24.4 Å². The number of esters is 1. The zero-order chi connectivity index (χ0) is 24.7. The molecule has 1 atom stereocenters. The highest BCUT2D eigenvalue weighted by molar-refractivity contribution is 6.32. The van der Waals surface area contributed by atoms with Gasteiger partial charge in [-0.3, -0.25) is 14.4 Å². The topological polar surface area (TPSA) is 103 Å². The molecular weight excluding hydrogens is 464 g/mol. The number of benzene rings is 2. The molecule has 34 heavy (non-hydrogen) atoms. The Labute approximate surface area is 202 Å². The minimum Gasteiger partial charge on any atom is -0.495 e. The van der Waals surface area contributed by atoms with Crippen LogP contribution in [0.15, 0.2) is 36.4 Å². The van der Waals surface area contributed by atoms with Crippen LogP contribution in [0, 0.1) is 5.92 Å². The molecule has 2 aromatic carbocycles. The Hall–Kier alpha value is -3.46. The monoisotopic (exact) mass is 490 g/mol. The Morgan fingerprint density at radius 3 is 2.41 bits per heavy atom. The quantitative estimate of drug-likeness (QED) is 0.511. The van der Waals surface area contributed by atoms with Crippen LogP contribution in [0.4, 0.5) is 5.69 Å². The van der Waals surface area contributed by atoms with Crippen molar-refractivity contribution in [1.29, 1.82) is 0 Å². The normalized spacial score (nSPS) is 15.1. The lowest BCUT2D eigenvalue weighted by molar-refractivity contribution is -0.151. The van der Waals surface area contributed by atoms with E-state index in [0.717, 1.165) is 5.56 Å². The highest BCUT2D eigenvalue weighted by Gasteiger charge is 2.35. The van der Waals surface area contributed by atoms with Gasteiger partial charge in [0.15, 0.2) is 18.1 Å². The predicted octanol–water partition coefficient (Wildman–Crippen LogP) is 2.94. The zero-order valence-corrected chi connectivity index (χ0v) is 20.0. The van der Waals surface area contributed by atoms with E-state index in [1.165, 1.54) is 13.2 Å². The van der Waals surface area contributed by atoms with Gasteiger partial charge in [-0.05, 0) is 42.3 Å². The molecular formula is C24H27ClN2O7. The van der Waals surface area contributed by atoms with Gasteiger partial charge in [-0.1, -0.05) is 17.7 Å². The number of rotatable bonds is 10. The third-order valence-corrected chi connectivity index (χ3v) is 5.74. The van der Waals surface area contributed by atoms with Crippen LogP contribution in [0.25, 0.3) is 0 Å². The van der Waals surface area contributed by atoms with E-state index in [-0.39, 0.29) is 18.9 Å². The number of nitrogens with zero attached hydrogens (tertiary/aromatic N) is 1. The van der Waals surface area contributed by atoms with Gasteiger partial charge in [0.05, 0.1) is 32.3 Å². The molecule has 0 bridgehead atoms. The SMILES string of the molecule is COc1ccc(NC(=O)COC(=O)C2CC(=O)N(CCc3ccc(OC)c(OC)c3)C2)cc1Cl. The van der Waals surface area contributed by atoms with E-state index in [1.54, 1.807) is 31.3 Å². The number of carbonyl (C=O) groups is 3. The van der Waals surface area contributed by atoms with Crippen molar-refractivity contribution in [2.24, 2.45) is 5.92 Å². The lowest BCUT2D eigenvalue weighted by Crippen LogP contribution is -2.29. The van der Waals surface area contributed by atoms with Gasteiger partial charge in [0, 0.05) is 25.2 Å². The van der Waals surface area contributed by atoms with Crippen molar-refractivity contribution in [2.75, 3.05) is 46.3 Å². The standard InChI is InChI=1S/C24H27ClN2O7/c1-31-19-7-5-17(12-18(19)25)26-22(28)14-34-24(30)16-11-23(29)27(13-16)9-8-15-4-6-20(32-2)21(10-15)33-3/h4-7,10,12,16H,8-9,11,13-14H2,1-3H3,(H,26,28). The maximum atomic E-state index is 12.4. The second-order valence-electron chi connectivity index (χ2n) is 7.69. The number of halogens is 1. The van der Waals surface area contributed by atoms with Crippen LogP contribution in [0.3, 0.4) is 0 Å². The summed E-state index contributed by atoms with van der Waals surface area (Å²) in [7, 11) is 4.62. The molecule has 0 aliphatic carbocycles. The Morgan fingerprint density at radius 1 is 1.03 bits per heavy atom. The maximum Gasteiger partial charge on any atom is 0.311 e. The van der Waals surface area contributed by atoms with E-state index >= 15 is 0 Å². The molecule has 3 rings (SSSR count). The van der Waals surface area contributed by atoms with Crippen molar-refractivity contribution in [3.05, 3.63) is 47.0 Å². The summed E-state index contributed by atoms with van der Waals surface area (Å²) in [4.78, 5) is 38.5. The van der Waals surface area contributed by atoms with E-state index in [2.05, 4.69) is 5.32 Å². The second kappa shape index (κ2) is 11.6. The minimum absolute atomic E-state index is 0.0560. The molecule has 2 amide bonds. The van der Waals surface area contributed by atoms with Gasteiger partial charge in [0.2, 0.25) is 5.91 Å². The summed E-state index contributed by atoms with van der Waals surface area (Å²) in [6, 6.07) is 10.3. The van der Waals surface area contributed by atoms with Crippen LogP contribution in [-0.2, 0) is 25.5 Å². The summed E-state index contributed by atoms with van der Waals surface area (Å²) < 4.78 is 20.7. The first kappa shape index (κ1) is 25.2. The molecule has 9 nitrogen and oxygen atoms in total. The highest BCUT2D eigenvalue weighted by Crippen LogP contribution is 2.29. The average Bonchev–Trinajstić information content (AvgIpc) is 3.21. The van der Waals surface area contributed by atoms with Gasteiger partial charge < -0.3 is 29.2 Å². The van der Waals surface area contributed by atoms with Gasteiger partial charge in [-0.25, -0.2) is 0 Å². The average molecular weight is 491 g/mol. The molecule has 182 valence electrons. The van der Waals surface area contributed by atoms with Crippen LogP contribution >= 0.6 is 11.6 Å². The molecule has 1 aliphatic heterocycles. The molecule has 0 radical (unpaired) electrons. The van der Waals surface area contributed by atoms with Gasteiger partial charge in [0.25, 0.3) is 5.91 Å². The van der Waals surface area contributed by atoms with Crippen molar-refractivity contribution in [3.63, 3.8) is 0 Å². The highest BCUT2D eigenvalue weighted by atomic mass is 35.5. The largest absolute Gasteiger partial charge is 0.495 e. The molecule has 0 aromatic heterocycles. The third kappa shape index (κ3) is 6.32. The number of ether oxygens (including phenoxy) is 4. The summed E-state index contributed by atoms with van der Waals surface area (Å²) in [5, 5.41) is 2.94. The van der Waals surface area contributed by atoms with E-state index in [1.807, 2.05) is 18.2 Å². The van der Waals surface area contributed by atoms with Crippen molar-refractivity contribution < 1.29 is 33.3 Å². The zero-order valence-electron chi connectivity index (χ0n) is 19.3. The van der Waals surface area contributed by atoms with Crippen molar-refractivity contribution in [1.82, 2.24) is 4.90 Å². The van der Waals surface area contributed by atoms with Crippen LogP contribution in [0.5, 0.6) is 17.2 Å². The molecule has 0 spiro atoms. The molecule has 1 unspecified atom stereocenters. The number of amides is 2. The number of nitrogens with one attached hydrogen (secondary N) is 1. The Balaban J connectivity index is 1.46. The number of anilines is 1. The van der Waals surface area contributed by atoms with Crippen molar-refractivity contribution >= 4 is 35.1 Å². The number of hydrogen-bond acceptors (Lipinski definition) is 7. The molecule has 1 saturated heterocycles. The van der Waals surface area contributed by atoms with Crippen LogP contribution in [0.1, 0.15) is 12.0 Å². The molecule has 2 aromatic rings. The molecule has 1 fully saturated rings. The Bertz CT molecular complexity index is 1060. The number of carbonyl (C=O) groups excluding carboxylic acids is 3. The number of methoxy groups -OCH3 is 3. The molecule has 1 aliphatic rings. The van der Waals surface area contributed by atoms with Gasteiger partial charge in [-0.15, -0.1) is 0 Å². The Kier molecular flexibility index (Phi) is 8.59. The van der Waals surface area contributed by atoms with Crippen LogP contribution in [-0.4, -0.2) is 63.7 Å². The summed E-state index contributed by atoms with van der Waals surface area (Å²) >= 11 is 6.04. The molecule has 1 N–H and O–H groups in total. The summed E-state index contributed by atoms with van der Waals surface area (Å²) in [6.07, 6.45) is 0.654. The summed E-state index contributed by atoms with van der Waals surface area (Å²) in [6.45, 7) is 0.246. The van der Waals surface area contributed by atoms with E-state index in [0.29, 0.717) is 40.9 Å². The van der Waals surface area contributed by atoms with Crippen molar-refractivity contribution in [2.45, 2.75) is 12.8 Å². The lowest BCUT2D eigenvalue weighted by atomic mass is 10.1. The summed E-state index contributed by atoms with van der Waals surface area (Å²) in [5.41, 5.74) is 1.43. The van der Waals surface area contributed by atoms with Crippen LogP contribution in [0.2, 0.25) is 5.02 Å². The van der Waals surface area contributed by atoms with E-state index in [9.17, 15) is 14.4 Å². The fourth-order valence-corrected chi connectivity index (χ4v) is 3.90. The first-order valence-electron chi connectivity index (χ1n) is 10.6. The fourth-order valence-electron chi connectivity index (χ4n) is 3.64. The van der Waals surface area contributed by atoms with Gasteiger partial charge >= 0.3 is 5.97 Å². The molecule has 10 heteroatoms. The Morgan fingerprint density at radius 2 is 1.74 bits per heavy atom. The smallest absolute Gasteiger partial charge is 0.311 e. The lowest BCUT2D eigenvalue weighted by Gasteiger charge is -2.17. The maximum absolute atomic E-state index is 12.4. The number of hydrogen-bond donors (Lipinski definition) is 1. The van der Waals surface area contributed by atoms with Gasteiger partial charge in [0.1, 0.15) is 5.75 Å². The third-order valence-electron chi connectivity index (χ3n) is 5.45. The van der Waals surface area contributed by atoms with Crippen LogP contribution < -0.4 is 19.5 Å². The first-order chi connectivity index (χ1) is 16.3. The fraction of sp³-hybridized carbons (Fsp3) is 0.375. The number of likely N-dealkylation sites (tertiary alicyclic amines) is 1. The minimum atomic E-state index is -0.610. The van der Waals surface area contributed by atoms with E-state index in [4.69, 9.17) is 30.5 Å². The molecule has 1 heterocycles. The van der Waals surface area contributed by atoms with Crippen molar-refractivity contribution in [3.8, 4) is 17.2 Å².